The van der Waals surface area contributed by atoms with Crippen LogP contribution >= 0.6 is 0 Å². The number of hydrogen-bond acceptors (Lipinski definition) is 3. The van der Waals surface area contributed by atoms with Crippen LogP contribution < -0.4 is 0 Å². The molecule has 0 unspecified atom stereocenters. The number of aromatic nitrogens is 1. The predicted molar refractivity (Wildman–Crippen MR) is 70.8 cm³/mol. The molecular formula is C13H19N3O3. The molecule has 19 heavy (non-hydrogen) atoms. The van der Waals surface area contributed by atoms with E-state index in [9.17, 15) is 9.59 Å². The van der Waals surface area contributed by atoms with Crippen LogP contribution in [0.2, 0.25) is 0 Å². The van der Waals surface area contributed by atoms with Gasteiger partial charge >= 0.3 is 12.0 Å². The summed E-state index contributed by atoms with van der Waals surface area (Å²) in [5.41, 5.74) is 0.926. The van der Waals surface area contributed by atoms with Gasteiger partial charge in [-0.2, -0.15) is 0 Å². The maximum Gasteiger partial charge on any atom is 0.319 e. The maximum atomic E-state index is 11.9. The lowest BCUT2D eigenvalue weighted by Crippen LogP contribution is -2.40. The highest BCUT2D eigenvalue weighted by atomic mass is 16.4. The van der Waals surface area contributed by atoms with E-state index in [0.29, 0.717) is 13.0 Å². The standard InChI is InChI=1S/C13H19N3O3/c1-15(9-6-11-5-3-4-8-14-11)13(19)16(2)10-7-12(17)18/h3-5,8H,6-7,9-10H2,1-2H3,(H,17,18). The van der Waals surface area contributed by atoms with Crippen LogP contribution in [0.15, 0.2) is 24.4 Å². The highest BCUT2D eigenvalue weighted by Gasteiger charge is 2.14. The molecule has 0 atom stereocenters. The highest BCUT2D eigenvalue weighted by molar-refractivity contribution is 5.75. The third-order valence-corrected chi connectivity index (χ3v) is 2.74. The average Bonchev–Trinajstić information content (AvgIpc) is 2.42. The number of aliphatic carboxylic acids is 1. The zero-order chi connectivity index (χ0) is 14.3. The molecule has 0 bridgehead atoms. The lowest BCUT2D eigenvalue weighted by atomic mass is 10.2. The van der Waals surface area contributed by atoms with E-state index in [-0.39, 0.29) is 19.0 Å². The van der Waals surface area contributed by atoms with Crippen molar-refractivity contribution in [2.75, 3.05) is 27.2 Å². The van der Waals surface area contributed by atoms with Crippen LogP contribution in [0, 0.1) is 0 Å². The predicted octanol–water partition coefficient (Wildman–Crippen LogP) is 1.08. The van der Waals surface area contributed by atoms with Gasteiger partial charge in [-0.15, -0.1) is 0 Å². The van der Waals surface area contributed by atoms with E-state index in [1.165, 1.54) is 4.90 Å². The Labute approximate surface area is 112 Å². The number of amides is 2. The van der Waals surface area contributed by atoms with Crippen molar-refractivity contribution in [1.82, 2.24) is 14.8 Å². The van der Waals surface area contributed by atoms with Crippen LogP contribution in [0.5, 0.6) is 0 Å². The van der Waals surface area contributed by atoms with Crippen molar-refractivity contribution in [3.63, 3.8) is 0 Å². The van der Waals surface area contributed by atoms with Gasteiger partial charge in [-0.25, -0.2) is 4.79 Å². The van der Waals surface area contributed by atoms with Gasteiger partial charge in [0.25, 0.3) is 0 Å². The molecule has 1 N–H and O–H groups in total. The Morgan fingerprint density at radius 3 is 2.47 bits per heavy atom. The van der Waals surface area contributed by atoms with E-state index in [0.717, 1.165) is 5.69 Å². The second kappa shape index (κ2) is 7.35. The summed E-state index contributed by atoms with van der Waals surface area (Å²) in [6.45, 7) is 0.759. The molecule has 6 heteroatoms. The molecule has 0 aliphatic heterocycles. The van der Waals surface area contributed by atoms with Crippen LogP contribution in [0.3, 0.4) is 0 Å². The highest BCUT2D eigenvalue weighted by Crippen LogP contribution is 2.00. The molecule has 104 valence electrons. The molecule has 0 saturated carbocycles. The molecule has 1 heterocycles. The summed E-state index contributed by atoms with van der Waals surface area (Å²) >= 11 is 0. The van der Waals surface area contributed by atoms with Crippen molar-refractivity contribution in [1.29, 1.82) is 0 Å². The minimum Gasteiger partial charge on any atom is -0.481 e. The van der Waals surface area contributed by atoms with Crippen molar-refractivity contribution < 1.29 is 14.7 Å². The fourth-order valence-electron chi connectivity index (χ4n) is 1.57. The summed E-state index contributed by atoms with van der Waals surface area (Å²) in [7, 11) is 3.30. The van der Waals surface area contributed by atoms with Crippen LogP contribution in [-0.2, 0) is 11.2 Å². The average molecular weight is 265 g/mol. The number of rotatable bonds is 6. The molecule has 2 amide bonds. The largest absolute Gasteiger partial charge is 0.481 e. The first-order chi connectivity index (χ1) is 9.00. The molecule has 6 nitrogen and oxygen atoms in total. The van der Waals surface area contributed by atoms with Crippen molar-refractivity contribution in [3.05, 3.63) is 30.1 Å². The molecular weight excluding hydrogens is 246 g/mol. The molecule has 0 aliphatic carbocycles. The zero-order valence-electron chi connectivity index (χ0n) is 11.2. The zero-order valence-corrected chi connectivity index (χ0v) is 11.2. The smallest absolute Gasteiger partial charge is 0.319 e. The third-order valence-electron chi connectivity index (χ3n) is 2.74. The monoisotopic (exact) mass is 265 g/mol. The Morgan fingerprint density at radius 2 is 1.89 bits per heavy atom. The first kappa shape index (κ1) is 14.9. The van der Waals surface area contributed by atoms with Crippen molar-refractivity contribution >= 4 is 12.0 Å². The molecule has 0 fully saturated rings. The van der Waals surface area contributed by atoms with Crippen LogP contribution in [0.25, 0.3) is 0 Å². The Morgan fingerprint density at radius 1 is 1.21 bits per heavy atom. The first-order valence-corrected chi connectivity index (χ1v) is 6.08. The minimum atomic E-state index is -0.907. The summed E-state index contributed by atoms with van der Waals surface area (Å²) in [4.78, 5) is 29.5. The second-order valence-electron chi connectivity index (χ2n) is 4.34. The minimum absolute atomic E-state index is 0.0453. The van der Waals surface area contributed by atoms with Gasteiger partial charge in [-0.3, -0.25) is 9.78 Å². The fraction of sp³-hybridized carbons (Fsp3) is 0.462. The molecule has 1 rings (SSSR count). The quantitative estimate of drug-likeness (QED) is 0.835. The van der Waals surface area contributed by atoms with Crippen molar-refractivity contribution in [2.24, 2.45) is 0 Å². The fourth-order valence-corrected chi connectivity index (χ4v) is 1.57. The Hall–Kier alpha value is -2.11. The van der Waals surface area contributed by atoms with E-state index in [1.807, 2.05) is 18.2 Å². The van der Waals surface area contributed by atoms with E-state index >= 15 is 0 Å². The number of likely N-dealkylation sites (N-methyl/N-ethyl adjacent to an activating group) is 1. The Kier molecular flexibility index (Phi) is 5.78. The van der Waals surface area contributed by atoms with Gasteiger partial charge in [0.2, 0.25) is 0 Å². The van der Waals surface area contributed by atoms with Crippen LogP contribution in [-0.4, -0.2) is 59.1 Å². The molecule has 0 aromatic carbocycles. The first-order valence-electron chi connectivity index (χ1n) is 6.08. The Balaban J connectivity index is 2.38. The summed E-state index contributed by atoms with van der Waals surface area (Å²) < 4.78 is 0. The molecule has 1 aromatic rings. The number of carboxylic acids is 1. The summed E-state index contributed by atoms with van der Waals surface area (Å²) in [5.74, 6) is -0.907. The summed E-state index contributed by atoms with van der Waals surface area (Å²) in [5, 5.41) is 8.57. The second-order valence-corrected chi connectivity index (χ2v) is 4.34. The van der Waals surface area contributed by atoms with Gasteiger partial charge in [0.1, 0.15) is 0 Å². The SMILES string of the molecule is CN(CCC(=O)O)C(=O)N(C)CCc1ccccn1. The van der Waals surface area contributed by atoms with E-state index < -0.39 is 5.97 Å². The molecule has 0 aliphatic rings. The lowest BCUT2D eigenvalue weighted by molar-refractivity contribution is -0.137. The molecule has 1 aromatic heterocycles. The number of carbonyl (C=O) groups is 2. The lowest BCUT2D eigenvalue weighted by Gasteiger charge is -2.24. The van der Waals surface area contributed by atoms with Crippen molar-refractivity contribution in [3.8, 4) is 0 Å². The van der Waals surface area contributed by atoms with Gasteiger partial charge in [0.15, 0.2) is 0 Å². The molecule has 0 radical (unpaired) electrons. The normalized spacial score (nSPS) is 10.0. The van der Waals surface area contributed by atoms with E-state index in [2.05, 4.69) is 4.98 Å². The number of pyridine rings is 1. The number of carboxylic acid groups (broad SMARTS) is 1. The molecule has 0 spiro atoms. The van der Waals surface area contributed by atoms with Gasteiger partial charge < -0.3 is 14.9 Å². The molecule has 0 saturated heterocycles. The van der Waals surface area contributed by atoms with E-state index in [4.69, 9.17) is 5.11 Å². The summed E-state index contributed by atoms with van der Waals surface area (Å²) in [6, 6.07) is 5.48. The number of nitrogens with zero attached hydrogens (tertiary/aromatic N) is 3. The van der Waals surface area contributed by atoms with Gasteiger partial charge in [-0.1, -0.05) is 6.07 Å². The Bertz CT molecular complexity index is 422. The topological polar surface area (TPSA) is 73.7 Å². The van der Waals surface area contributed by atoms with Gasteiger partial charge in [0, 0.05) is 45.5 Å². The van der Waals surface area contributed by atoms with Crippen molar-refractivity contribution in [2.45, 2.75) is 12.8 Å². The van der Waals surface area contributed by atoms with Crippen LogP contribution in [0.1, 0.15) is 12.1 Å². The van der Waals surface area contributed by atoms with Gasteiger partial charge in [-0.05, 0) is 12.1 Å². The maximum absolute atomic E-state index is 11.9. The summed E-state index contributed by atoms with van der Waals surface area (Å²) in [6.07, 6.45) is 2.35. The number of hydrogen-bond donors (Lipinski definition) is 1. The number of urea groups is 1. The van der Waals surface area contributed by atoms with Crippen LogP contribution in [0.4, 0.5) is 4.79 Å². The third kappa shape index (κ3) is 5.37. The number of carbonyl (C=O) groups excluding carboxylic acids is 1. The van der Waals surface area contributed by atoms with E-state index in [1.54, 1.807) is 25.2 Å². The van der Waals surface area contributed by atoms with Gasteiger partial charge in [0.05, 0.1) is 6.42 Å².